The third-order valence-corrected chi connectivity index (χ3v) is 12.1. The smallest absolute Gasteiger partial charge is 0.243 e. The Bertz CT molecular complexity index is 2580. The lowest BCUT2D eigenvalue weighted by Crippen LogP contribution is -2.69. The van der Waals surface area contributed by atoms with Gasteiger partial charge in [-0.25, -0.2) is 0 Å². The average molecular weight is 982 g/mol. The minimum absolute atomic E-state index is 0.0741. The lowest BCUT2D eigenvalue weighted by molar-refractivity contribution is -0.230. The van der Waals surface area contributed by atoms with Crippen molar-refractivity contribution < 1.29 is 63.2 Å². The van der Waals surface area contributed by atoms with Crippen LogP contribution in [0.1, 0.15) is 50.3 Å². The molecule has 0 unspecified atom stereocenters. The van der Waals surface area contributed by atoms with Gasteiger partial charge in [-0.2, -0.15) is 0 Å². The quantitative estimate of drug-likeness (QED) is 0.0644. The lowest BCUT2D eigenvalue weighted by atomic mass is 9.95. The summed E-state index contributed by atoms with van der Waals surface area (Å²) in [4.78, 5) is 127. The first-order chi connectivity index (χ1) is 33.9. The number of H-pyrrole nitrogens is 1. The van der Waals surface area contributed by atoms with Gasteiger partial charge in [0.1, 0.15) is 48.5 Å². The predicted octanol–water partition coefficient (Wildman–Crippen LogP) is -2.13. The van der Waals surface area contributed by atoms with Gasteiger partial charge in [0.05, 0.1) is 25.5 Å². The summed E-state index contributed by atoms with van der Waals surface area (Å²) in [5, 5.41) is 50.4. The molecule has 1 aromatic heterocycles. The number of fused-ring (bicyclic) bond motifs is 1. The van der Waals surface area contributed by atoms with E-state index < -0.39 is 133 Å². The molecular formula is C49H59N9O13. The zero-order valence-electron chi connectivity index (χ0n) is 39.3. The van der Waals surface area contributed by atoms with Gasteiger partial charge in [-0.05, 0) is 29.2 Å². The largest absolute Gasteiger partial charge is 0.394 e. The number of benzene rings is 3. The number of aliphatic hydroxyl groups is 3. The van der Waals surface area contributed by atoms with Gasteiger partial charge >= 0.3 is 0 Å². The number of aliphatic hydroxyl groups excluding tert-OH is 3. The topological polar surface area (TPSA) is 327 Å². The zero-order valence-corrected chi connectivity index (χ0v) is 39.3. The molecule has 0 spiro atoms. The number of carbonyl (C=O) groups excluding carboxylic acids is 9. The van der Waals surface area contributed by atoms with Crippen molar-refractivity contribution in [2.75, 3.05) is 13.2 Å². The van der Waals surface area contributed by atoms with Crippen molar-refractivity contribution in [3.63, 3.8) is 0 Å². The molecule has 3 heterocycles. The molecule has 2 aliphatic rings. The first-order valence-electron chi connectivity index (χ1n) is 23.0. The number of imide groups is 1. The second-order valence-corrected chi connectivity index (χ2v) is 17.5. The first-order valence-corrected chi connectivity index (χ1v) is 23.0. The molecule has 0 radical (unpaired) electrons. The van der Waals surface area contributed by atoms with E-state index in [9.17, 15) is 58.5 Å². The van der Waals surface area contributed by atoms with E-state index in [-0.39, 0.29) is 25.8 Å². The molecular weight excluding hydrogens is 923 g/mol. The molecule has 4 aromatic rings. The highest BCUT2D eigenvalue weighted by molar-refractivity contribution is 6.00. The number of carbonyl (C=O) groups is 9. The van der Waals surface area contributed by atoms with E-state index in [0.717, 1.165) is 42.8 Å². The van der Waals surface area contributed by atoms with Crippen LogP contribution in [-0.2, 0) is 67.2 Å². The fourth-order valence-corrected chi connectivity index (χ4v) is 8.64. The van der Waals surface area contributed by atoms with Crippen LogP contribution in [0.25, 0.3) is 10.9 Å². The Kier molecular flexibility index (Phi) is 18.1. The van der Waals surface area contributed by atoms with Crippen molar-refractivity contribution in [1.82, 2.24) is 47.1 Å². The molecule has 10 atom stereocenters. The fourth-order valence-electron chi connectivity index (χ4n) is 8.64. The maximum atomic E-state index is 14.5. The summed E-state index contributed by atoms with van der Waals surface area (Å²) >= 11 is 0. The van der Waals surface area contributed by atoms with Gasteiger partial charge in [0.25, 0.3) is 0 Å². The fraction of sp³-hybridized carbons (Fsp3) is 0.408. The molecule has 2 aliphatic heterocycles. The Morgan fingerprint density at radius 2 is 1.35 bits per heavy atom. The molecule has 71 heavy (non-hydrogen) atoms. The summed E-state index contributed by atoms with van der Waals surface area (Å²) in [6.45, 7) is 1.91. The van der Waals surface area contributed by atoms with E-state index in [2.05, 4.69) is 42.2 Å². The van der Waals surface area contributed by atoms with Crippen molar-refractivity contribution in [3.8, 4) is 0 Å². The summed E-state index contributed by atoms with van der Waals surface area (Å²) in [7, 11) is 0. The molecule has 11 N–H and O–H groups in total. The molecule has 0 saturated carbocycles. The number of nitrogens with zero attached hydrogens (tertiary/aromatic N) is 1. The minimum Gasteiger partial charge on any atom is -0.394 e. The number of hydrogen-bond acceptors (Lipinski definition) is 13. The van der Waals surface area contributed by atoms with Gasteiger partial charge in [0.15, 0.2) is 6.23 Å². The van der Waals surface area contributed by atoms with Gasteiger partial charge < -0.3 is 62.3 Å². The lowest BCUT2D eigenvalue weighted by Gasteiger charge is -2.45. The van der Waals surface area contributed by atoms with Gasteiger partial charge in [-0.1, -0.05) is 78.9 Å². The van der Waals surface area contributed by atoms with Gasteiger partial charge in [0, 0.05) is 57.3 Å². The molecule has 6 rings (SSSR count). The summed E-state index contributed by atoms with van der Waals surface area (Å²) in [6, 6.07) is 16.8. The summed E-state index contributed by atoms with van der Waals surface area (Å²) in [6.07, 6.45) is -6.90. The van der Waals surface area contributed by atoms with Crippen LogP contribution in [0, 0.1) is 0 Å². The molecule has 22 nitrogen and oxygen atoms in total. The van der Waals surface area contributed by atoms with Crippen molar-refractivity contribution in [1.29, 1.82) is 0 Å². The number of para-hydroxylation sites is 1. The van der Waals surface area contributed by atoms with E-state index >= 15 is 0 Å². The normalized spacial score (nSPS) is 24.7. The van der Waals surface area contributed by atoms with E-state index in [4.69, 9.17) is 4.74 Å². The monoisotopic (exact) mass is 981 g/mol. The summed E-state index contributed by atoms with van der Waals surface area (Å²) in [5.74, 6) is -8.10. The highest BCUT2D eigenvalue weighted by Gasteiger charge is 2.49. The van der Waals surface area contributed by atoms with Crippen molar-refractivity contribution in [3.05, 3.63) is 108 Å². The van der Waals surface area contributed by atoms with Crippen LogP contribution < -0.4 is 37.2 Å². The number of aromatic amines is 1. The number of aromatic nitrogens is 1. The van der Waals surface area contributed by atoms with E-state index in [1.165, 1.54) is 0 Å². The number of rotatable bonds is 14. The van der Waals surface area contributed by atoms with Gasteiger partial charge in [-0.3, -0.25) is 48.1 Å². The summed E-state index contributed by atoms with van der Waals surface area (Å²) < 4.78 is 5.65. The number of amides is 9. The maximum Gasteiger partial charge on any atom is 0.243 e. The standard InChI is InChI=1S/C49H59N9O13/c1-26(60)52-38(22-41(64)58(28(3)62)49-42(53-27(2)61)44(66)43(65)39(25-59)71-49)48(70)57-37-21-40(63)55-36(20-31-23-50-34-17-11-10-16-33(31)34)47(69)56-35(19-30-14-8-5-9-15-30)46(68)54-32(24-51-45(37)67)18-29-12-6-4-7-13-29/h4-17,23,32,35-39,42-44,49-50,59,65-66H,18-22,24-25H2,1-3H3,(H,51,67)(H,52,60)(H,53,61)(H,54,68)(H,55,63)(H,56,69)(H,57,70)/t32-,35+,36+,37-,38+,39-,42-,43-,44-,49-/m1/s1. The van der Waals surface area contributed by atoms with Crippen LogP contribution in [0.4, 0.5) is 0 Å². The Hall–Kier alpha value is -7.53. The van der Waals surface area contributed by atoms with Crippen LogP contribution in [-0.4, -0.2) is 152 Å². The Labute approximate surface area is 408 Å². The number of nitrogens with one attached hydrogen (secondary N) is 8. The molecule has 9 amide bonds. The van der Waals surface area contributed by atoms with Crippen LogP contribution >= 0.6 is 0 Å². The second-order valence-electron chi connectivity index (χ2n) is 17.5. The predicted molar refractivity (Wildman–Crippen MR) is 253 cm³/mol. The average Bonchev–Trinajstić information content (AvgIpc) is 3.74. The Morgan fingerprint density at radius 1 is 0.732 bits per heavy atom. The van der Waals surface area contributed by atoms with Crippen LogP contribution in [0.2, 0.25) is 0 Å². The highest BCUT2D eigenvalue weighted by Crippen LogP contribution is 2.26. The molecule has 0 bridgehead atoms. The molecule has 0 aliphatic carbocycles. The molecule has 2 saturated heterocycles. The van der Waals surface area contributed by atoms with Crippen molar-refractivity contribution in [2.45, 2.75) is 114 Å². The van der Waals surface area contributed by atoms with E-state index in [1.807, 2.05) is 42.5 Å². The Morgan fingerprint density at radius 3 is 1.99 bits per heavy atom. The maximum absolute atomic E-state index is 14.5. The third-order valence-electron chi connectivity index (χ3n) is 12.1. The van der Waals surface area contributed by atoms with Crippen molar-refractivity contribution >= 4 is 64.1 Å². The Balaban J connectivity index is 1.31. The number of hydrogen-bond donors (Lipinski definition) is 11. The SMILES string of the molecule is CC(=O)N[C@@H]1[C@@H](O)[C@H](O)[C@@H](CO)O[C@H]1N(C(C)=O)C(=O)C[C@H](NC(C)=O)C(=O)N[C@@H]1CC(=O)N[C@@H](Cc2c[nH]c3ccccc23)C(=O)N[C@@H](Cc2ccccc2)C(=O)N[C@H](Cc2ccccc2)CNC1=O. The first kappa shape index (κ1) is 52.8. The van der Waals surface area contributed by atoms with Gasteiger partial charge in [0.2, 0.25) is 53.2 Å². The zero-order chi connectivity index (χ0) is 51.4. The number of ether oxygens (including phenoxy) is 1. The van der Waals surface area contributed by atoms with Gasteiger partial charge in [-0.15, -0.1) is 0 Å². The van der Waals surface area contributed by atoms with Crippen LogP contribution in [0.3, 0.4) is 0 Å². The highest BCUT2D eigenvalue weighted by atomic mass is 16.5. The molecule has 22 heteroatoms. The van der Waals surface area contributed by atoms with E-state index in [1.54, 1.807) is 48.7 Å². The molecule has 2 fully saturated rings. The minimum atomic E-state index is -1.86. The van der Waals surface area contributed by atoms with E-state index in [0.29, 0.717) is 10.5 Å². The molecule has 378 valence electrons. The third kappa shape index (κ3) is 14.1. The molecule has 3 aromatic carbocycles. The summed E-state index contributed by atoms with van der Waals surface area (Å²) in [5.41, 5.74) is 2.90. The van der Waals surface area contributed by atoms with Crippen LogP contribution in [0.5, 0.6) is 0 Å². The van der Waals surface area contributed by atoms with Crippen molar-refractivity contribution in [2.24, 2.45) is 0 Å². The second kappa shape index (κ2) is 24.3. The van der Waals surface area contributed by atoms with Crippen LogP contribution in [0.15, 0.2) is 91.1 Å².